The highest BCUT2D eigenvalue weighted by Gasteiger charge is 2.21. The summed E-state index contributed by atoms with van der Waals surface area (Å²) in [6.07, 6.45) is 5.70. The van der Waals surface area contributed by atoms with E-state index < -0.39 is 0 Å². The van der Waals surface area contributed by atoms with Crippen molar-refractivity contribution in [3.63, 3.8) is 0 Å². The van der Waals surface area contributed by atoms with Gasteiger partial charge in [-0.3, -0.25) is 0 Å². The predicted molar refractivity (Wildman–Crippen MR) is 57.2 cm³/mol. The van der Waals surface area contributed by atoms with Crippen LogP contribution in [0.25, 0.3) is 0 Å². The summed E-state index contributed by atoms with van der Waals surface area (Å²) >= 11 is 0. The SMILES string of the molecule is c1c(C2CCNCC2)nc2n1CCCO2. The maximum atomic E-state index is 5.53. The van der Waals surface area contributed by atoms with Crippen LogP contribution in [0.4, 0.5) is 0 Å². The number of aromatic nitrogens is 2. The zero-order valence-electron chi connectivity index (χ0n) is 8.91. The average molecular weight is 207 g/mol. The Hall–Kier alpha value is -1.03. The molecule has 1 fully saturated rings. The molecule has 0 amide bonds. The number of rotatable bonds is 1. The molecule has 1 N–H and O–H groups in total. The van der Waals surface area contributed by atoms with Gasteiger partial charge in [0.25, 0.3) is 6.01 Å². The molecule has 0 saturated carbocycles. The zero-order valence-corrected chi connectivity index (χ0v) is 8.91. The van der Waals surface area contributed by atoms with Crippen molar-refractivity contribution < 1.29 is 4.74 Å². The van der Waals surface area contributed by atoms with E-state index in [4.69, 9.17) is 4.74 Å². The number of ether oxygens (including phenoxy) is 1. The summed E-state index contributed by atoms with van der Waals surface area (Å²) in [6, 6.07) is 0.829. The van der Waals surface area contributed by atoms with Crippen molar-refractivity contribution >= 4 is 0 Å². The van der Waals surface area contributed by atoms with Gasteiger partial charge < -0.3 is 14.6 Å². The van der Waals surface area contributed by atoms with Crippen LogP contribution in [0.1, 0.15) is 30.9 Å². The van der Waals surface area contributed by atoms with Crippen molar-refractivity contribution in [2.24, 2.45) is 0 Å². The molecule has 3 heterocycles. The van der Waals surface area contributed by atoms with Crippen LogP contribution in [-0.4, -0.2) is 29.2 Å². The maximum Gasteiger partial charge on any atom is 0.296 e. The topological polar surface area (TPSA) is 39.1 Å². The average Bonchev–Trinajstić information content (AvgIpc) is 2.74. The van der Waals surface area contributed by atoms with Gasteiger partial charge in [0, 0.05) is 18.7 Å². The van der Waals surface area contributed by atoms with Crippen molar-refractivity contribution in [3.05, 3.63) is 11.9 Å². The van der Waals surface area contributed by atoms with E-state index in [0.29, 0.717) is 5.92 Å². The molecule has 1 saturated heterocycles. The number of imidazole rings is 1. The second kappa shape index (κ2) is 3.85. The van der Waals surface area contributed by atoms with Gasteiger partial charge in [0.15, 0.2) is 0 Å². The van der Waals surface area contributed by atoms with E-state index in [9.17, 15) is 0 Å². The normalized spacial score (nSPS) is 22.1. The molecule has 15 heavy (non-hydrogen) atoms. The molecular formula is C11H17N3O. The third-order valence-electron chi connectivity index (χ3n) is 3.29. The highest BCUT2D eigenvalue weighted by Crippen LogP contribution is 2.27. The second-order valence-electron chi connectivity index (χ2n) is 4.37. The number of piperidine rings is 1. The largest absolute Gasteiger partial charge is 0.465 e. The Kier molecular flexibility index (Phi) is 2.37. The Morgan fingerprint density at radius 2 is 2.27 bits per heavy atom. The lowest BCUT2D eigenvalue weighted by atomic mass is 9.95. The molecule has 0 atom stereocenters. The van der Waals surface area contributed by atoms with Crippen LogP contribution in [0.5, 0.6) is 6.01 Å². The lowest BCUT2D eigenvalue weighted by molar-refractivity contribution is 0.230. The third kappa shape index (κ3) is 1.74. The number of nitrogens with one attached hydrogen (secondary N) is 1. The van der Waals surface area contributed by atoms with E-state index in [1.807, 2.05) is 0 Å². The molecular weight excluding hydrogens is 190 g/mol. The minimum atomic E-state index is 0.632. The van der Waals surface area contributed by atoms with Gasteiger partial charge in [0.05, 0.1) is 12.3 Å². The quantitative estimate of drug-likeness (QED) is 0.750. The number of nitrogens with zero attached hydrogens (tertiary/aromatic N) is 2. The predicted octanol–water partition coefficient (Wildman–Crippen LogP) is 1.13. The summed E-state index contributed by atoms with van der Waals surface area (Å²) in [4.78, 5) is 4.59. The van der Waals surface area contributed by atoms with E-state index in [2.05, 4.69) is 21.1 Å². The van der Waals surface area contributed by atoms with Crippen LogP contribution < -0.4 is 10.1 Å². The van der Waals surface area contributed by atoms with Gasteiger partial charge in [-0.1, -0.05) is 0 Å². The summed E-state index contributed by atoms with van der Waals surface area (Å²) in [5.41, 5.74) is 1.23. The first-order valence-electron chi connectivity index (χ1n) is 5.84. The van der Waals surface area contributed by atoms with E-state index in [0.717, 1.165) is 38.7 Å². The lowest BCUT2D eigenvalue weighted by Crippen LogP contribution is -2.26. The first-order chi connectivity index (χ1) is 7.43. The summed E-state index contributed by atoms with van der Waals surface area (Å²) in [7, 11) is 0. The van der Waals surface area contributed by atoms with Gasteiger partial charge in [0.2, 0.25) is 0 Å². The van der Waals surface area contributed by atoms with Crippen molar-refractivity contribution in [1.82, 2.24) is 14.9 Å². The molecule has 1 aromatic rings. The summed E-state index contributed by atoms with van der Waals surface area (Å²) in [6.45, 7) is 4.12. The van der Waals surface area contributed by atoms with Gasteiger partial charge >= 0.3 is 0 Å². The standard InChI is InChI=1S/C11H17N3O/c1-6-14-8-10(13-11(14)15-7-1)9-2-4-12-5-3-9/h8-9,12H,1-7H2. The fourth-order valence-corrected chi connectivity index (χ4v) is 2.41. The number of hydrogen-bond acceptors (Lipinski definition) is 3. The van der Waals surface area contributed by atoms with Crippen molar-refractivity contribution in [3.8, 4) is 6.01 Å². The number of fused-ring (bicyclic) bond motifs is 1. The Labute approximate surface area is 89.6 Å². The van der Waals surface area contributed by atoms with Crippen molar-refractivity contribution in [2.75, 3.05) is 19.7 Å². The van der Waals surface area contributed by atoms with Crippen LogP contribution in [0.3, 0.4) is 0 Å². The highest BCUT2D eigenvalue weighted by molar-refractivity contribution is 5.14. The van der Waals surface area contributed by atoms with Crippen LogP contribution in [0.15, 0.2) is 6.20 Å². The molecule has 3 rings (SSSR count). The highest BCUT2D eigenvalue weighted by atomic mass is 16.5. The van der Waals surface area contributed by atoms with Crippen LogP contribution in [0, 0.1) is 0 Å². The smallest absolute Gasteiger partial charge is 0.296 e. The van der Waals surface area contributed by atoms with E-state index in [1.165, 1.54) is 18.5 Å². The molecule has 82 valence electrons. The molecule has 0 aromatic carbocycles. The van der Waals surface area contributed by atoms with Gasteiger partial charge in [-0.05, 0) is 32.4 Å². The zero-order chi connectivity index (χ0) is 10.1. The Morgan fingerprint density at radius 1 is 1.40 bits per heavy atom. The first-order valence-corrected chi connectivity index (χ1v) is 5.84. The number of aryl methyl sites for hydroxylation is 1. The molecule has 0 bridgehead atoms. The van der Waals surface area contributed by atoms with Gasteiger partial charge in [0.1, 0.15) is 0 Å². The van der Waals surface area contributed by atoms with E-state index >= 15 is 0 Å². The molecule has 0 radical (unpaired) electrons. The molecule has 4 nitrogen and oxygen atoms in total. The minimum absolute atomic E-state index is 0.632. The van der Waals surface area contributed by atoms with Crippen LogP contribution in [0.2, 0.25) is 0 Å². The summed E-state index contributed by atoms with van der Waals surface area (Å²) in [5.74, 6) is 0.632. The number of hydrogen-bond donors (Lipinski definition) is 1. The van der Waals surface area contributed by atoms with Crippen LogP contribution in [-0.2, 0) is 6.54 Å². The fourth-order valence-electron chi connectivity index (χ4n) is 2.41. The maximum absolute atomic E-state index is 5.53. The van der Waals surface area contributed by atoms with Crippen molar-refractivity contribution in [1.29, 1.82) is 0 Å². The van der Waals surface area contributed by atoms with E-state index in [1.54, 1.807) is 0 Å². The van der Waals surface area contributed by atoms with Crippen LogP contribution >= 0.6 is 0 Å². The third-order valence-corrected chi connectivity index (χ3v) is 3.29. The van der Waals surface area contributed by atoms with Gasteiger partial charge in [-0.15, -0.1) is 0 Å². The molecule has 1 aromatic heterocycles. The molecule has 2 aliphatic rings. The molecule has 0 aliphatic carbocycles. The van der Waals surface area contributed by atoms with Gasteiger partial charge in [-0.25, -0.2) is 4.98 Å². The molecule has 4 heteroatoms. The Balaban J connectivity index is 1.82. The Morgan fingerprint density at radius 3 is 3.07 bits per heavy atom. The minimum Gasteiger partial charge on any atom is -0.465 e. The fraction of sp³-hybridized carbons (Fsp3) is 0.727. The van der Waals surface area contributed by atoms with E-state index in [-0.39, 0.29) is 0 Å². The molecule has 2 aliphatic heterocycles. The first kappa shape index (κ1) is 9.21. The molecule has 0 spiro atoms. The lowest BCUT2D eigenvalue weighted by Gasteiger charge is -2.20. The van der Waals surface area contributed by atoms with Gasteiger partial charge in [-0.2, -0.15) is 0 Å². The molecule has 0 unspecified atom stereocenters. The van der Waals surface area contributed by atoms with Crippen molar-refractivity contribution in [2.45, 2.75) is 31.7 Å². The second-order valence-corrected chi connectivity index (χ2v) is 4.37. The Bertz CT molecular complexity index is 318. The summed E-state index contributed by atoms with van der Waals surface area (Å²) in [5, 5.41) is 3.38. The summed E-state index contributed by atoms with van der Waals surface area (Å²) < 4.78 is 7.68. The monoisotopic (exact) mass is 207 g/mol.